The molecular weight excluding hydrogens is 480 g/mol. The van der Waals surface area contributed by atoms with Crippen molar-refractivity contribution in [3.63, 3.8) is 0 Å². The molecule has 1 fully saturated rings. The zero-order chi connectivity index (χ0) is 27.6. The predicted molar refractivity (Wildman–Crippen MR) is 150 cm³/mol. The first kappa shape index (κ1) is 31.0. The Morgan fingerprint density at radius 1 is 0.868 bits per heavy atom. The third-order valence-corrected chi connectivity index (χ3v) is 7.94. The van der Waals surface area contributed by atoms with Crippen molar-refractivity contribution in [1.29, 1.82) is 0 Å². The first-order valence-electron chi connectivity index (χ1n) is 14.9. The molecule has 8 nitrogen and oxygen atoms in total. The molecule has 2 aliphatic carbocycles. The maximum atomic E-state index is 12.3. The Balaban J connectivity index is 1.21. The molecule has 8 heteroatoms. The summed E-state index contributed by atoms with van der Waals surface area (Å²) in [6, 6.07) is 0. The predicted octanol–water partition coefficient (Wildman–Crippen LogP) is 4.84. The highest BCUT2D eigenvalue weighted by atomic mass is 16.5. The van der Waals surface area contributed by atoms with E-state index >= 15 is 0 Å². The quantitative estimate of drug-likeness (QED) is 0.306. The third-order valence-electron chi connectivity index (χ3n) is 7.94. The fourth-order valence-electron chi connectivity index (χ4n) is 5.51. The minimum absolute atomic E-state index is 0.0249. The molecule has 1 N–H and O–H groups in total. The molecule has 0 bridgehead atoms. The van der Waals surface area contributed by atoms with E-state index in [2.05, 4.69) is 57.2 Å². The standard InChI is InChI=1S/C30H54N4O4/c1-29(2,3)13-11-25-23-7-9-26-27(10-8-24(23)25)34(33-32-26)16-12-28(35)31-15-18-37-20-22-38-21-19-36-17-14-30(4,5)6/h23-25H,7-22H2,1-6H3,(H,31,35). The number of nitrogens with one attached hydrogen (secondary N) is 1. The van der Waals surface area contributed by atoms with E-state index in [-0.39, 0.29) is 5.91 Å². The molecule has 1 amide bonds. The molecule has 2 aliphatic rings. The third kappa shape index (κ3) is 11.3. The van der Waals surface area contributed by atoms with Gasteiger partial charge in [0.15, 0.2) is 0 Å². The van der Waals surface area contributed by atoms with Crippen LogP contribution in [-0.4, -0.2) is 67.1 Å². The minimum atomic E-state index is 0.0249. The lowest BCUT2D eigenvalue weighted by atomic mass is 9.89. The highest BCUT2D eigenvalue weighted by Gasteiger charge is 2.49. The summed E-state index contributed by atoms with van der Waals surface area (Å²) in [5.74, 6) is 2.68. The Labute approximate surface area is 230 Å². The van der Waals surface area contributed by atoms with Gasteiger partial charge in [-0.25, -0.2) is 4.68 Å². The van der Waals surface area contributed by atoms with E-state index in [4.69, 9.17) is 14.2 Å². The Kier molecular flexibility index (Phi) is 12.0. The largest absolute Gasteiger partial charge is 0.379 e. The summed E-state index contributed by atoms with van der Waals surface area (Å²) in [5, 5.41) is 11.8. The Morgan fingerprint density at radius 3 is 2.13 bits per heavy atom. The zero-order valence-electron chi connectivity index (χ0n) is 25.0. The summed E-state index contributed by atoms with van der Waals surface area (Å²) in [7, 11) is 0. The van der Waals surface area contributed by atoms with Crippen molar-refractivity contribution < 1.29 is 19.0 Å². The van der Waals surface area contributed by atoms with E-state index in [1.54, 1.807) is 0 Å². The van der Waals surface area contributed by atoms with E-state index in [1.165, 1.54) is 31.4 Å². The van der Waals surface area contributed by atoms with Crippen LogP contribution in [0.1, 0.15) is 91.5 Å². The maximum Gasteiger partial charge on any atom is 0.221 e. The first-order chi connectivity index (χ1) is 18.0. The van der Waals surface area contributed by atoms with Crippen LogP contribution < -0.4 is 5.32 Å². The normalized spacial score (nSPS) is 21.4. The number of nitrogens with zero attached hydrogens (tertiary/aromatic N) is 3. The summed E-state index contributed by atoms with van der Waals surface area (Å²) >= 11 is 0. The molecule has 0 spiro atoms. The van der Waals surface area contributed by atoms with Gasteiger partial charge in [-0.1, -0.05) is 46.8 Å². The van der Waals surface area contributed by atoms with Gasteiger partial charge in [0.05, 0.1) is 51.0 Å². The average molecular weight is 535 g/mol. The topological polar surface area (TPSA) is 87.5 Å². The molecule has 1 saturated carbocycles. The summed E-state index contributed by atoms with van der Waals surface area (Å²) in [6.07, 6.45) is 8.66. The van der Waals surface area contributed by atoms with E-state index in [0.29, 0.717) is 63.4 Å². The fraction of sp³-hybridized carbons (Fsp3) is 0.900. The van der Waals surface area contributed by atoms with Gasteiger partial charge in [-0.05, 0) is 73.5 Å². The minimum Gasteiger partial charge on any atom is -0.379 e. The van der Waals surface area contributed by atoms with Gasteiger partial charge < -0.3 is 19.5 Å². The average Bonchev–Trinajstić information content (AvgIpc) is 3.33. The van der Waals surface area contributed by atoms with Crippen molar-refractivity contribution in [2.45, 2.75) is 99.5 Å². The van der Waals surface area contributed by atoms with E-state index in [1.807, 2.05) is 4.68 Å². The van der Waals surface area contributed by atoms with Crippen molar-refractivity contribution in [2.75, 3.05) is 46.2 Å². The highest BCUT2D eigenvalue weighted by Crippen LogP contribution is 2.55. The van der Waals surface area contributed by atoms with Crippen molar-refractivity contribution in [2.24, 2.45) is 28.6 Å². The number of aryl methyl sites for hydroxylation is 2. The summed E-state index contributed by atoms with van der Waals surface area (Å²) in [6.45, 7) is 18.2. The van der Waals surface area contributed by atoms with E-state index < -0.39 is 0 Å². The van der Waals surface area contributed by atoms with Crippen LogP contribution in [0.4, 0.5) is 0 Å². The van der Waals surface area contributed by atoms with Gasteiger partial charge >= 0.3 is 0 Å². The van der Waals surface area contributed by atoms with Gasteiger partial charge in [-0.3, -0.25) is 4.79 Å². The number of amides is 1. The van der Waals surface area contributed by atoms with Gasteiger partial charge in [-0.15, -0.1) is 5.10 Å². The van der Waals surface area contributed by atoms with Crippen LogP contribution in [0.5, 0.6) is 0 Å². The summed E-state index contributed by atoms with van der Waals surface area (Å²) in [5.41, 5.74) is 3.12. The highest BCUT2D eigenvalue weighted by molar-refractivity contribution is 5.75. The molecule has 3 rings (SSSR count). The Morgan fingerprint density at radius 2 is 1.47 bits per heavy atom. The lowest BCUT2D eigenvalue weighted by molar-refractivity contribution is -0.121. The molecular formula is C30H54N4O4. The second-order valence-corrected chi connectivity index (χ2v) is 13.6. The molecule has 38 heavy (non-hydrogen) atoms. The molecule has 1 aromatic rings. The number of hydrogen-bond donors (Lipinski definition) is 1. The van der Waals surface area contributed by atoms with Crippen LogP contribution in [0.15, 0.2) is 0 Å². The first-order valence-corrected chi connectivity index (χ1v) is 14.9. The Hall–Kier alpha value is -1.51. The lowest BCUT2D eigenvalue weighted by Crippen LogP contribution is -2.28. The van der Waals surface area contributed by atoms with E-state index in [9.17, 15) is 4.79 Å². The van der Waals surface area contributed by atoms with Crippen LogP contribution in [0.2, 0.25) is 0 Å². The van der Waals surface area contributed by atoms with Crippen LogP contribution >= 0.6 is 0 Å². The van der Waals surface area contributed by atoms with Crippen molar-refractivity contribution in [1.82, 2.24) is 20.3 Å². The molecule has 218 valence electrons. The second kappa shape index (κ2) is 14.8. The van der Waals surface area contributed by atoms with Gasteiger partial charge in [-0.2, -0.15) is 0 Å². The summed E-state index contributed by atoms with van der Waals surface area (Å²) in [4.78, 5) is 12.3. The number of aromatic nitrogens is 3. The van der Waals surface area contributed by atoms with Crippen molar-refractivity contribution >= 4 is 5.91 Å². The Bertz CT molecular complexity index is 842. The van der Waals surface area contributed by atoms with Crippen molar-refractivity contribution in [3.05, 3.63) is 11.4 Å². The zero-order valence-corrected chi connectivity index (χ0v) is 25.0. The number of hydrogen-bond acceptors (Lipinski definition) is 6. The molecule has 1 aromatic heterocycles. The number of rotatable bonds is 16. The van der Waals surface area contributed by atoms with Crippen LogP contribution in [0, 0.1) is 28.6 Å². The number of ether oxygens (including phenoxy) is 3. The fourth-order valence-corrected chi connectivity index (χ4v) is 5.51. The number of carbonyl (C=O) groups excluding carboxylic acids is 1. The molecule has 0 aromatic carbocycles. The molecule has 0 radical (unpaired) electrons. The molecule has 1 heterocycles. The molecule has 3 atom stereocenters. The van der Waals surface area contributed by atoms with Gasteiger partial charge in [0, 0.05) is 19.6 Å². The van der Waals surface area contributed by atoms with Gasteiger partial charge in [0.25, 0.3) is 0 Å². The van der Waals surface area contributed by atoms with Crippen LogP contribution in [-0.2, 0) is 38.4 Å². The van der Waals surface area contributed by atoms with Gasteiger partial charge in [0.1, 0.15) is 0 Å². The summed E-state index contributed by atoms with van der Waals surface area (Å²) < 4.78 is 18.6. The number of carbonyl (C=O) groups is 1. The smallest absolute Gasteiger partial charge is 0.221 e. The molecule has 3 unspecified atom stereocenters. The molecule has 0 aliphatic heterocycles. The molecule has 0 saturated heterocycles. The van der Waals surface area contributed by atoms with Crippen LogP contribution in [0.25, 0.3) is 0 Å². The maximum absolute atomic E-state index is 12.3. The number of fused-ring (bicyclic) bond motifs is 2. The second-order valence-electron chi connectivity index (χ2n) is 13.6. The van der Waals surface area contributed by atoms with Gasteiger partial charge in [0.2, 0.25) is 5.91 Å². The lowest BCUT2D eigenvalue weighted by Gasteiger charge is -2.17. The van der Waals surface area contributed by atoms with E-state index in [0.717, 1.165) is 49.3 Å². The monoisotopic (exact) mass is 534 g/mol. The SMILES string of the molecule is CC(C)(C)CCOCCOCCOCCNC(=O)CCn1nnc2c1CCC1C(CC2)C1CCC(C)(C)C. The van der Waals surface area contributed by atoms with Crippen molar-refractivity contribution in [3.8, 4) is 0 Å². The van der Waals surface area contributed by atoms with Crippen LogP contribution in [0.3, 0.4) is 0 Å².